The fourth-order valence-electron chi connectivity index (χ4n) is 7.68. The molecular weight excluding hydrogens is 452 g/mol. The Hall–Kier alpha value is -2.87. The molecule has 4 fully saturated rings. The summed E-state index contributed by atoms with van der Waals surface area (Å²) in [5.74, 6) is 3.91. The van der Waals surface area contributed by atoms with Crippen LogP contribution in [0.1, 0.15) is 60.0 Å². The molecule has 8 nitrogen and oxygen atoms in total. The number of nitrogens with zero attached hydrogens (tertiary/aromatic N) is 3. The van der Waals surface area contributed by atoms with Gasteiger partial charge >= 0.3 is 6.03 Å². The standard InChI is InChI=1S/C28H38N6O2.2H2/c1-36-11-8-23-32-24-25(21-6-2-3-7-22(21)31-26(24)29)34(23)10-5-4-9-30-27(35)33-28-15-18-12-19(16-28)14-20(13-18)17-28;;/h2-3,6-7,18-20H,4-5,8-17H2,1H3,(H2,29,31)(H2,30,33,35);2*1H. The maximum Gasteiger partial charge on any atom is 0.315 e. The lowest BCUT2D eigenvalue weighted by molar-refractivity contribution is -0.0135. The molecule has 0 spiro atoms. The molecule has 4 saturated carbocycles. The topological polar surface area (TPSA) is 107 Å². The predicted octanol–water partition coefficient (Wildman–Crippen LogP) is 4.90. The first-order valence-electron chi connectivity index (χ1n) is 13.6. The monoisotopic (exact) mass is 494 g/mol. The Morgan fingerprint density at radius 1 is 1.14 bits per heavy atom. The average molecular weight is 495 g/mol. The van der Waals surface area contributed by atoms with Crippen molar-refractivity contribution < 1.29 is 12.4 Å². The van der Waals surface area contributed by atoms with Crippen LogP contribution in [0.3, 0.4) is 0 Å². The van der Waals surface area contributed by atoms with Crippen molar-refractivity contribution in [2.75, 3.05) is 26.0 Å². The number of hydrogen-bond acceptors (Lipinski definition) is 5. The van der Waals surface area contributed by atoms with E-state index in [9.17, 15) is 4.79 Å². The number of pyridine rings is 1. The number of amides is 2. The molecule has 1 aromatic carbocycles. The molecule has 3 aromatic rings. The van der Waals surface area contributed by atoms with Gasteiger partial charge in [-0.05, 0) is 75.2 Å². The number of rotatable bonds is 9. The number of anilines is 1. The van der Waals surface area contributed by atoms with Gasteiger partial charge in [0.2, 0.25) is 0 Å². The van der Waals surface area contributed by atoms with Crippen LogP contribution in [-0.2, 0) is 17.7 Å². The summed E-state index contributed by atoms with van der Waals surface area (Å²) in [5.41, 5.74) is 9.02. The number of nitrogens with two attached hydrogens (primary N) is 1. The Kier molecular flexibility index (Phi) is 6.23. The van der Waals surface area contributed by atoms with Crippen molar-refractivity contribution in [1.82, 2.24) is 25.2 Å². The molecule has 0 radical (unpaired) electrons. The minimum absolute atomic E-state index is 0. The lowest BCUT2D eigenvalue weighted by atomic mass is 9.53. The van der Waals surface area contributed by atoms with Crippen molar-refractivity contribution >= 4 is 33.8 Å². The molecule has 2 amide bonds. The van der Waals surface area contributed by atoms with Gasteiger partial charge in [0.15, 0.2) is 5.82 Å². The van der Waals surface area contributed by atoms with E-state index in [-0.39, 0.29) is 14.4 Å². The van der Waals surface area contributed by atoms with E-state index in [2.05, 4.69) is 26.3 Å². The Morgan fingerprint density at radius 3 is 2.58 bits per heavy atom. The number of benzene rings is 1. The van der Waals surface area contributed by atoms with Crippen LogP contribution in [0.2, 0.25) is 0 Å². The molecule has 4 aliphatic carbocycles. The van der Waals surface area contributed by atoms with Crippen molar-refractivity contribution in [2.24, 2.45) is 17.8 Å². The molecule has 2 heterocycles. The number of nitrogen functional groups attached to an aromatic ring is 1. The van der Waals surface area contributed by atoms with Crippen LogP contribution in [0.25, 0.3) is 21.9 Å². The lowest BCUT2D eigenvalue weighted by Gasteiger charge is -2.56. The third-order valence-electron chi connectivity index (χ3n) is 8.73. The zero-order chi connectivity index (χ0) is 24.7. The summed E-state index contributed by atoms with van der Waals surface area (Å²) in [6.45, 7) is 2.07. The van der Waals surface area contributed by atoms with Crippen molar-refractivity contribution in [2.45, 2.75) is 69.9 Å². The number of unbranched alkanes of at least 4 members (excludes halogenated alkanes) is 1. The van der Waals surface area contributed by atoms with Crippen LogP contribution >= 0.6 is 0 Å². The highest BCUT2D eigenvalue weighted by molar-refractivity contribution is 6.06. The van der Waals surface area contributed by atoms with Gasteiger partial charge in [-0.25, -0.2) is 14.8 Å². The van der Waals surface area contributed by atoms with Gasteiger partial charge in [0, 0.05) is 40.4 Å². The Bertz CT molecular complexity index is 1240. The fraction of sp³-hybridized carbons (Fsp3) is 0.607. The summed E-state index contributed by atoms with van der Waals surface area (Å²) >= 11 is 0. The second kappa shape index (κ2) is 9.54. The maximum atomic E-state index is 12.8. The second-order valence-corrected chi connectivity index (χ2v) is 11.4. The van der Waals surface area contributed by atoms with E-state index in [1.54, 1.807) is 7.11 Å². The number of para-hydroxylation sites is 1. The smallest absolute Gasteiger partial charge is 0.315 e. The number of ether oxygens (including phenoxy) is 1. The Labute approximate surface area is 215 Å². The minimum Gasteiger partial charge on any atom is -0.384 e. The van der Waals surface area contributed by atoms with Gasteiger partial charge in [-0.1, -0.05) is 18.2 Å². The summed E-state index contributed by atoms with van der Waals surface area (Å²) in [6, 6.07) is 8.09. The number of aryl methyl sites for hydroxylation is 1. The Morgan fingerprint density at radius 2 is 1.86 bits per heavy atom. The molecule has 0 saturated heterocycles. The highest BCUT2D eigenvalue weighted by Crippen LogP contribution is 2.55. The predicted molar refractivity (Wildman–Crippen MR) is 146 cm³/mol. The molecule has 0 aliphatic heterocycles. The molecule has 196 valence electrons. The van der Waals surface area contributed by atoms with Crippen LogP contribution in [0, 0.1) is 17.8 Å². The zero-order valence-corrected chi connectivity index (χ0v) is 21.3. The molecule has 4 bridgehead atoms. The van der Waals surface area contributed by atoms with Gasteiger partial charge in [-0.15, -0.1) is 0 Å². The van der Waals surface area contributed by atoms with E-state index in [0.29, 0.717) is 25.4 Å². The highest BCUT2D eigenvalue weighted by atomic mass is 16.5. The molecule has 4 aliphatic rings. The van der Waals surface area contributed by atoms with E-state index >= 15 is 0 Å². The summed E-state index contributed by atoms with van der Waals surface area (Å²) in [5, 5.41) is 7.61. The molecule has 7 rings (SSSR count). The van der Waals surface area contributed by atoms with Gasteiger partial charge in [-0.2, -0.15) is 0 Å². The number of imidazole rings is 1. The van der Waals surface area contributed by atoms with Gasteiger partial charge in [0.25, 0.3) is 0 Å². The highest BCUT2D eigenvalue weighted by Gasteiger charge is 2.51. The molecule has 8 heteroatoms. The van der Waals surface area contributed by atoms with E-state index in [1.807, 2.05) is 18.2 Å². The van der Waals surface area contributed by atoms with E-state index in [1.165, 1.54) is 38.5 Å². The zero-order valence-electron chi connectivity index (χ0n) is 21.3. The molecular formula is C28H42N6O2. The molecule has 36 heavy (non-hydrogen) atoms. The number of aromatic nitrogens is 3. The van der Waals surface area contributed by atoms with Crippen LogP contribution in [0.4, 0.5) is 10.6 Å². The van der Waals surface area contributed by atoms with Crippen LogP contribution in [0.5, 0.6) is 0 Å². The quantitative estimate of drug-likeness (QED) is 0.367. The first-order chi connectivity index (χ1) is 17.5. The van der Waals surface area contributed by atoms with Crippen LogP contribution in [-0.4, -0.2) is 46.4 Å². The minimum atomic E-state index is 0. The summed E-state index contributed by atoms with van der Waals surface area (Å²) in [4.78, 5) is 22.2. The SMILES string of the molecule is COCCc1nc2c(N)nc3ccccc3c2n1CCCCNC(=O)NC12CC3CC(CC(C3)C1)C2.[HH].[HH]. The van der Waals surface area contributed by atoms with Crippen LogP contribution < -0.4 is 16.4 Å². The molecule has 0 unspecified atom stereocenters. The van der Waals surface area contributed by atoms with E-state index in [4.69, 9.17) is 15.5 Å². The largest absolute Gasteiger partial charge is 0.384 e. The number of hydrogen-bond donors (Lipinski definition) is 3. The number of nitrogens with one attached hydrogen (secondary N) is 2. The average Bonchev–Trinajstić information content (AvgIpc) is 3.20. The lowest BCUT2D eigenvalue weighted by Crippen LogP contribution is -2.61. The summed E-state index contributed by atoms with van der Waals surface area (Å²) in [7, 11) is 1.71. The third kappa shape index (κ3) is 4.40. The molecule has 0 atom stereocenters. The first-order valence-corrected chi connectivity index (χ1v) is 13.6. The van der Waals surface area contributed by atoms with E-state index < -0.39 is 0 Å². The number of methoxy groups -OCH3 is 1. The van der Waals surface area contributed by atoms with Gasteiger partial charge in [-0.3, -0.25) is 0 Å². The Balaban J connectivity index is 0.00000168. The number of carbonyl (C=O) groups is 1. The number of urea groups is 1. The van der Waals surface area contributed by atoms with Crippen LogP contribution in [0.15, 0.2) is 24.3 Å². The van der Waals surface area contributed by atoms with Gasteiger partial charge in [0.1, 0.15) is 11.3 Å². The summed E-state index contributed by atoms with van der Waals surface area (Å²) < 4.78 is 7.60. The van der Waals surface area contributed by atoms with Gasteiger partial charge < -0.3 is 25.7 Å². The molecule has 4 N–H and O–H groups in total. The van der Waals surface area contributed by atoms with E-state index in [0.717, 1.165) is 64.9 Å². The summed E-state index contributed by atoms with van der Waals surface area (Å²) in [6.07, 6.45) is 10.2. The van der Waals surface area contributed by atoms with Crippen molar-refractivity contribution in [1.29, 1.82) is 0 Å². The first kappa shape index (κ1) is 23.5. The number of fused-ring (bicyclic) bond motifs is 3. The third-order valence-corrected chi connectivity index (χ3v) is 8.73. The molecule has 2 aromatic heterocycles. The van der Waals surface area contributed by atoms with Crippen molar-refractivity contribution in [3.05, 3.63) is 30.1 Å². The maximum absolute atomic E-state index is 12.8. The fourth-order valence-corrected chi connectivity index (χ4v) is 7.68. The van der Waals surface area contributed by atoms with Crippen molar-refractivity contribution in [3.8, 4) is 0 Å². The normalized spacial score (nSPS) is 26.6. The van der Waals surface area contributed by atoms with Gasteiger partial charge in [0.05, 0.1) is 17.6 Å². The van der Waals surface area contributed by atoms with Crippen molar-refractivity contribution in [3.63, 3.8) is 0 Å². The second-order valence-electron chi connectivity index (χ2n) is 11.4. The number of carbonyl (C=O) groups excluding carboxylic acids is 1.